The lowest BCUT2D eigenvalue weighted by molar-refractivity contribution is -0.146. The van der Waals surface area contributed by atoms with E-state index < -0.39 is 6.04 Å². The summed E-state index contributed by atoms with van der Waals surface area (Å²) >= 11 is 0. The van der Waals surface area contributed by atoms with Crippen molar-refractivity contribution >= 4 is 11.7 Å². The lowest BCUT2D eigenvalue weighted by Gasteiger charge is -2.35. The molecule has 0 amide bonds. The summed E-state index contributed by atoms with van der Waals surface area (Å²) in [4.78, 5) is 14.9. The zero-order chi connectivity index (χ0) is 19.9. The van der Waals surface area contributed by atoms with Crippen LogP contribution in [-0.4, -0.2) is 36.8 Å². The minimum absolute atomic E-state index is 0.152. The predicted octanol–water partition coefficient (Wildman–Crippen LogP) is 3.82. The molecule has 2 aromatic rings. The van der Waals surface area contributed by atoms with E-state index in [-0.39, 0.29) is 17.8 Å². The molecule has 0 spiro atoms. The van der Waals surface area contributed by atoms with Crippen molar-refractivity contribution in [2.45, 2.75) is 45.2 Å². The number of esters is 1. The van der Waals surface area contributed by atoms with Crippen molar-refractivity contribution in [3.63, 3.8) is 0 Å². The lowest BCUT2D eigenvalue weighted by atomic mass is 10.00. The fourth-order valence-electron chi connectivity index (χ4n) is 3.71. The van der Waals surface area contributed by atoms with Gasteiger partial charge in [-0.1, -0.05) is 31.2 Å². The van der Waals surface area contributed by atoms with E-state index in [1.54, 1.807) is 25.1 Å². The molecular weight excluding hydrogens is 352 g/mol. The Morgan fingerprint density at radius 3 is 2.50 bits per heavy atom. The van der Waals surface area contributed by atoms with Crippen LogP contribution in [0.25, 0.3) is 0 Å². The van der Waals surface area contributed by atoms with Crippen LogP contribution in [0.2, 0.25) is 0 Å². The van der Waals surface area contributed by atoms with E-state index in [0.29, 0.717) is 6.61 Å². The monoisotopic (exact) mass is 382 g/mol. The van der Waals surface area contributed by atoms with Gasteiger partial charge in [-0.15, -0.1) is 0 Å². The number of rotatable bonds is 7. The molecule has 1 aliphatic heterocycles. The second-order valence-electron chi connectivity index (χ2n) is 7.23. The number of hydrogen-bond acceptors (Lipinski definition) is 5. The largest absolute Gasteiger partial charge is 0.508 e. The normalized spacial score (nSPS) is 16.0. The van der Waals surface area contributed by atoms with E-state index in [9.17, 15) is 9.90 Å². The van der Waals surface area contributed by atoms with Crippen LogP contribution in [-0.2, 0) is 16.0 Å². The average Bonchev–Trinajstić information content (AvgIpc) is 2.72. The minimum atomic E-state index is -0.563. The zero-order valence-corrected chi connectivity index (χ0v) is 16.7. The van der Waals surface area contributed by atoms with Gasteiger partial charge in [-0.2, -0.15) is 0 Å². The number of benzene rings is 2. The van der Waals surface area contributed by atoms with Gasteiger partial charge in [-0.25, -0.2) is 4.79 Å². The Balaban J connectivity index is 1.63. The Bertz CT molecular complexity index is 768. The van der Waals surface area contributed by atoms with Gasteiger partial charge >= 0.3 is 5.97 Å². The van der Waals surface area contributed by atoms with Crippen molar-refractivity contribution in [3.8, 4) is 5.75 Å². The van der Waals surface area contributed by atoms with Gasteiger partial charge in [0.05, 0.1) is 6.61 Å². The highest BCUT2D eigenvalue weighted by molar-refractivity contribution is 5.78. The van der Waals surface area contributed by atoms with Crippen molar-refractivity contribution in [1.29, 1.82) is 0 Å². The number of anilines is 1. The number of carbonyl (C=O) groups excluding carboxylic acids is 1. The maximum atomic E-state index is 12.5. The number of carbonyl (C=O) groups is 1. The zero-order valence-electron chi connectivity index (χ0n) is 16.7. The molecule has 5 heteroatoms. The molecule has 1 fully saturated rings. The first-order chi connectivity index (χ1) is 13.6. The van der Waals surface area contributed by atoms with E-state index in [1.807, 2.05) is 6.07 Å². The van der Waals surface area contributed by atoms with Crippen molar-refractivity contribution in [2.75, 3.05) is 24.6 Å². The van der Waals surface area contributed by atoms with Gasteiger partial charge in [0.25, 0.3) is 0 Å². The van der Waals surface area contributed by atoms with E-state index in [2.05, 4.69) is 41.4 Å². The lowest BCUT2D eigenvalue weighted by Crippen LogP contribution is -2.45. The fraction of sp³-hybridized carbons (Fsp3) is 0.435. The second-order valence-corrected chi connectivity index (χ2v) is 7.23. The highest BCUT2D eigenvalue weighted by Gasteiger charge is 2.28. The molecule has 2 N–H and O–H groups in total. The Morgan fingerprint density at radius 2 is 1.89 bits per heavy atom. The second kappa shape index (κ2) is 9.60. The number of hydrogen-bond donors (Lipinski definition) is 2. The van der Waals surface area contributed by atoms with Crippen LogP contribution in [0.4, 0.5) is 5.69 Å². The summed E-state index contributed by atoms with van der Waals surface area (Å²) < 4.78 is 5.26. The summed E-state index contributed by atoms with van der Waals surface area (Å²) in [5, 5.41) is 13.3. The van der Waals surface area contributed by atoms with Gasteiger partial charge in [-0.05, 0) is 61.6 Å². The molecule has 0 aliphatic carbocycles. The molecule has 1 atom stereocenters. The average molecular weight is 383 g/mol. The molecule has 0 radical (unpaired) electrons. The third-order valence-corrected chi connectivity index (χ3v) is 5.33. The standard InChI is InChI=1S/C23H30N2O3/c1-3-17-8-10-20(11-9-17)25-14-12-19(13-15-25)24-22(23(27)28-4-2)18-6-5-7-21(26)16-18/h5-11,16,19,22,24,26H,3-4,12-15H2,1-2H3. The third-order valence-electron chi connectivity index (χ3n) is 5.33. The van der Waals surface area contributed by atoms with Gasteiger partial charge in [0, 0.05) is 24.8 Å². The van der Waals surface area contributed by atoms with E-state index >= 15 is 0 Å². The first-order valence-corrected chi connectivity index (χ1v) is 10.2. The molecule has 0 bridgehead atoms. The van der Waals surface area contributed by atoms with Gasteiger partial charge in [0.2, 0.25) is 0 Å². The Labute approximate surface area is 167 Å². The summed E-state index contributed by atoms with van der Waals surface area (Å²) in [5.74, 6) is -0.148. The molecule has 1 aliphatic rings. The Morgan fingerprint density at radius 1 is 1.18 bits per heavy atom. The Hall–Kier alpha value is -2.53. The minimum Gasteiger partial charge on any atom is -0.508 e. The van der Waals surface area contributed by atoms with Gasteiger partial charge in [0.1, 0.15) is 11.8 Å². The smallest absolute Gasteiger partial charge is 0.327 e. The molecule has 3 rings (SSSR count). The topological polar surface area (TPSA) is 61.8 Å². The van der Waals surface area contributed by atoms with E-state index in [4.69, 9.17) is 4.74 Å². The number of nitrogens with zero attached hydrogens (tertiary/aromatic N) is 1. The van der Waals surface area contributed by atoms with Crippen LogP contribution < -0.4 is 10.2 Å². The summed E-state index contributed by atoms with van der Waals surface area (Å²) in [5.41, 5.74) is 3.34. The van der Waals surface area contributed by atoms with Crippen molar-refractivity contribution < 1.29 is 14.6 Å². The van der Waals surface area contributed by atoms with Gasteiger partial charge < -0.3 is 14.7 Å². The van der Waals surface area contributed by atoms with Crippen LogP contribution in [0.5, 0.6) is 5.75 Å². The summed E-state index contributed by atoms with van der Waals surface area (Å²) in [6.45, 7) is 6.19. The molecule has 28 heavy (non-hydrogen) atoms. The molecule has 1 saturated heterocycles. The maximum Gasteiger partial charge on any atom is 0.327 e. The number of phenolic OH excluding ortho intramolecular Hbond substituents is 1. The molecule has 0 aromatic heterocycles. The van der Waals surface area contributed by atoms with Crippen molar-refractivity contribution in [1.82, 2.24) is 5.32 Å². The maximum absolute atomic E-state index is 12.5. The van der Waals surface area contributed by atoms with Crippen LogP contribution in [0.3, 0.4) is 0 Å². The molecule has 1 unspecified atom stereocenters. The highest BCUT2D eigenvalue weighted by Crippen LogP contribution is 2.25. The number of phenols is 1. The number of piperidine rings is 1. The molecule has 0 saturated carbocycles. The van der Waals surface area contributed by atoms with Crippen LogP contribution >= 0.6 is 0 Å². The predicted molar refractivity (Wildman–Crippen MR) is 112 cm³/mol. The van der Waals surface area contributed by atoms with Gasteiger partial charge in [-0.3, -0.25) is 5.32 Å². The fourth-order valence-corrected chi connectivity index (χ4v) is 3.71. The summed E-state index contributed by atoms with van der Waals surface area (Å²) in [6.07, 6.45) is 2.95. The van der Waals surface area contributed by atoms with E-state index in [0.717, 1.165) is 37.9 Å². The van der Waals surface area contributed by atoms with Crippen molar-refractivity contribution in [2.24, 2.45) is 0 Å². The van der Waals surface area contributed by atoms with Crippen molar-refractivity contribution in [3.05, 3.63) is 59.7 Å². The highest BCUT2D eigenvalue weighted by atomic mass is 16.5. The Kier molecular flexibility index (Phi) is 6.93. The number of aromatic hydroxyl groups is 1. The van der Waals surface area contributed by atoms with E-state index in [1.165, 1.54) is 11.3 Å². The van der Waals surface area contributed by atoms with Crippen LogP contribution in [0.15, 0.2) is 48.5 Å². The molecular formula is C23H30N2O3. The quantitative estimate of drug-likeness (QED) is 0.713. The summed E-state index contributed by atoms with van der Waals surface area (Å²) in [7, 11) is 0. The molecule has 150 valence electrons. The van der Waals surface area contributed by atoms with Crippen LogP contribution in [0.1, 0.15) is 43.9 Å². The number of nitrogens with one attached hydrogen (secondary N) is 1. The molecule has 1 heterocycles. The van der Waals surface area contributed by atoms with Crippen LogP contribution in [0, 0.1) is 0 Å². The van der Waals surface area contributed by atoms with Gasteiger partial charge in [0.15, 0.2) is 0 Å². The molecule has 5 nitrogen and oxygen atoms in total. The summed E-state index contributed by atoms with van der Waals surface area (Å²) in [6, 6.07) is 15.3. The number of ether oxygens (including phenoxy) is 1. The SMILES string of the molecule is CCOC(=O)C(NC1CCN(c2ccc(CC)cc2)CC1)c1cccc(O)c1. The first kappa shape index (κ1) is 20.2. The first-order valence-electron chi connectivity index (χ1n) is 10.2. The number of aryl methyl sites for hydroxylation is 1. The third kappa shape index (κ3) is 5.04. The molecule has 2 aromatic carbocycles.